The largest absolute Gasteiger partial charge is 0.454 e. The molecular weight excluding hydrogens is 638 g/mol. The Morgan fingerprint density at radius 2 is 1.25 bits per heavy atom. The van der Waals surface area contributed by atoms with Crippen LogP contribution in [0.1, 0.15) is 16.7 Å². The highest BCUT2D eigenvalue weighted by Crippen LogP contribution is 2.34. The number of alkyl halides is 6. The molecular formula is C35H22F6N4O3. The molecule has 0 fully saturated rings. The molecule has 2 aromatic heterocycles. The summed E-state index contributed by atoms with van der Waals surface area (Å²) in [5.74, 6) is -2.00. The van der Waals surface area contributed by atoms with E-state index in [1.165, 1.54) is 23.0 Å². The van der Waals surface area contributed by atoms with Crippen molar-refractivity contribution in [2.24, 2.45) is 0 Å². The number of aromatic nitrogens is 2. The Balaban J connectivity index is 1.46. The summed E-state index contributed by atoms with van der Waals surface area (Å²) >= 11 is 0. The van der Waals surface area contributed by atoms with E-state index in [0.717, 1.165) is 35.7 Å². The van der Waals surface area contributed by atoms with Crippen LogP contribution < -0.4 is 10.6 Å². The quantitative estimate of drug-likeness (QED) is 0.0775. The number of carbonyl (C=O) groups excluding carboxylic acids is 2. The van der Waals surface area contributed by atoms with E-state index in [2.05, 4.69) is 15.7 Å². The zero-order valence-electron chi connectivity index (χ0n) is 24.4. The molecule has 2 amide bonds. The molecule has 0 bridgehead atoms. The number of hydrogen-bond donors (Lipinski definition) is 2. The molecule has 242 valence electrons. The van der Waals surface area contributed by atoms with Crippen molar-refractivity contribution in [3.8, 4) is 17.1 Å². The summed E-state index contributed by atoms with van der Waals surface area (Å²) in [5.41, 5.74) is -1.76. The van der Waals surface area contributed by atoms with E-state index in [4.69, 9.17) is 4.42 Å². The van der Waals surface area contributed by atoms with Crippen LogP contribution in [0.15, 0.2) is 125 Å². The molecule has 13 heteroatoms. The molecule has 48 heavy (non-hydrogen) atoms. The highest BCUT2D eigenvalue weighted by atomic mass is 19.4. The molecule has 0 saturated carbocycles. The first-order valence-electron chi connectivity index (χ1n) is 14.2. The van der Waals surface area contributed by atoms with E-state index >= 15 is 0 Å². The van der Waals surface area contributed by atoms with Crippen LogP contribution in [0.2, 0.25) is 0 Å². The minimum absolute atomic E-state index is 0.186. The van der Waals surface area contributed by atoms with E-state index < -0.39 is 40.9 Å². The van der Waals surface area contributed by atoms with Crippen LogP contribution in [0.5, 0.6) is 0 Å². The zero-order valence-corrected chi connectivity index (χ0v) is 24.4. The maximum Gasteiger partial charge on any atom is 0.416 e. The number of anilines is 2. The number of amides is 2. The van der Waals surface area contributed by atoms with Crippen molar-refractivity contribution >= 4 is 40.2 Å². The molecule has 6 rings (SSSR count). The molecule has 0 aliphatic heterocycles. The predicted octanol–water partition coefficient (Wildman–Crippen LogP) is 8.98. The van der Waals surface area contributed by atoms with Crippen molar-refractivity contribution in [3.63, 3.8) is 0 Å². The number of nitrogens with zero attached hydrogens (tertiary/aromatic N) is 2. The normalized spacial score (nSPS) is 11.7. The van der Waals surface area contributed by atoms with Crippen LogP contribution in [0.4, 0.5) is 37.7 Å². The Morgan fingerprint density at radius 3 is 1.81 bits per heavy atom. The fourth-order valence-corrected chi connectivity index (χ4v) is 4.83. The Kier molecular flexibility index (Phi) is 8.36. The van der Waals surface area contributed by atoms with Crippen molar-refractivity contribution in [1.29, 1.82) is 0 Å². The topological polar surface area (TPSA) is 89.2 Å². The van der Waals surface area contributed by atoms with Crippen molar-refractivity contribution in [2.45, 2.75) is 12.4 Å². The third-order valence-electron chi connectivity index (χ3n) is 7.11. The van der Waals surface area contributed by atoms with Gasteiger partial charge >= 0.3 is 12.4 Å². The number of fused-ring (bicyclic) bond motifs is 1. The second-order valence-corrected chi connectivity index (χ2v) is 10.5. The van der Waals surface area contributed by atoms with Gasteiger partial charge in [-0.25, -0.2) is 4.68 Å². The number of carbonyl (C=O) groups is 2. The van der Waals surface area contributed by atoms with Crippen LogP contribution in [0, 0.1) is 0 Å². The summed E-state index contributed by atoms with van der Waals surface area (Å²) in [7, 11) is 0. The van der Waals surface area contributed by atoms with Gasteiger partial charge in [-0.2, -0.15) is 31.4 Å². The van der Waals surface area contributed by atoms with Crippen molar-refractivity contribution in [2.75, 3.05) is 10.6 Å². The molecule has 7 nitrogen and oxygen atoms in total. The van der Waals surface area contributed by atoms with Gasteiger partial charge in [-0.1, -0.05) is 48.5 Å². The SMILES string of the molecule is O=C(Nc1cccc(C(F)(F)F)c1)C(=Cc1cn(-c2ccccc2)nc1-c1cc2ccccc2o1)C(=O)Nc1cccc(C(F)(F)F)c1. The van der Waals surface area contributed by atoms with E-state index in [1.54, 1.807) is 54.6 Å². The Hall–Kier alpha value is -6.11. The van der Waals surface area contributed by atoms with Gasteiger partial charge in [0.1, 0.15) is 16.9 Å². The monoisotopic (exact) mass is 660 g/mol. The number of para-hydroxylation sites is 2. The maximum atomic E-state index is 13.6. The van der Waals surface area contributed by atoms with Crippen molar-refractivity contribution in [3.05, 3.63) is 138 Å². The molecule has 0 unspecified atom stereocenters. The Morgan fingerprint density at radius 1 is 0.688 bits per heavy atom. The minimum Gasteiger partial charge on any atom is -0.454 e. The van der Waals surface area contributed by atoms with E-state index in [9.17, 15) is 35.9 Å². The molecule has 4 aromatic carbocycles. The van der Waals surface area contributed by atoms with E-state index in [-0.39, 0.29) is 28.4 Å². The standard InChI is InChI=1S/C35H22F6N4O3/c36-34(37,38)23-9-6-11-25(18-23)42-32(46)28(33(47)43-26-12-7-10-24(19-26)35(39,40)41)16-22-20-45(27-13-2-1-3-14-27)44-31(22)30-17-21-8-4-5-15-29(21)48-30/h1-20H,(H,42,46)(H,43,47). The highest BCUT2D eigenvalue weighted by Gasteiger charge is 2.32. The van der Waals surface area contributed by atoms with E-state index in [1.807, 2.05) is 6.07 Å². The number of furan rings is 1. The van der Waals surface area contributed by atoms with Crippen LogP contribution >= 0.6 is 0 Å². The third kappa shape index (κ3) is 6.99. The Bertz CT molecular complexity index is 2060. The zero-order chi connectivity index (χ0) is 34.1. The number of benzene rings is 4. The summed E-state index contributed by atoms with van der Waals surface area (Å²) in [4.78, 5) is 27.3. The van der Waals surface area contributed by atoms with Gasteiger partial charge in [0, 0.05) is 28.5 Å². The lowest BCUT2D eigenvalue weighted by Gasteiger charge is -2.13. The molecule has 0 aliphatic carbocycles. The summed E-state index contributed by atoms with van der Waals surface area (Å²) in [6.07, 6.45) is -6.78. The molecule has 0 saturated heterocycles. The van der Waals surface area contributed by atoms with Crippen LogP contribution in [-0.4, -0.2) is 21.6 Å². The number of halogens is 6. The fraction of sp³-hybridized carbons (Fsp3) is 0.0571. The van der Waals surface area contributed by atoms with Gasteiger partial charge in [0.2, 0.25) is 0 Å². The lowest BCUT2D eigenvalue weighted by Crippen LogP contribution is -2.25. The van der Waals surface area contributed by atoms with Crippen molar-refractivity contribution < 1.29 is 40.3 Å². The fourth-order valence-electron chi connectivity index (χ4n) is 4.83. The number of hydrogen-bond acceptors (Lipinski definition) is 4. The van der Waals surface area contributed by atoms with Gasteiger partial charge in [-0.15, -0.1) is 0 Å². The van der Waals surface area contributed by atoms with Crippen LogP contribution in [-0.2, 0) is 21.9 Å². The first-order valence-corrected chi connectivity index (χ1v) is 14.2. The van der Waals surface area contributed by atoms with Gasteiger partial charge in [0.05, 0.1) is 16.8 Å². The minimum atomic E-state index is -4.71. The lowest BCUT2D eigenvalue weighted by molar-refractivity contribution is -0.138. The first-order chi connectivity index (χ1) is 22.8. The summed E-state index contributed by atoms with van der Waals surface area (Å²) < 4.78 is 87.7. The number of nitrogens with one attached hydrogen (secondary N) is 2. The Labute approximate surface area is 268 Å². The molecule has 0 atom stereocenters. The van der Waals surface area contributed by atoms with Gasteiger partial charge in [0.25, 0.3) is 11.8 Å². The molecule has 0 radical (unpaired) electrons. The molecule has 0 spiro atoms. The third-order valence-corrected chi connectivity index (χ3v) is 7.11. The average Bonchev–Trinajstić information content (AvgIpc) is 3.68. The number of rotatable bonds is 7. The molecule has 2 N–H and O–H groups in total. The lowest BCUT2D eigenvalue weighted by atomic mass is 10.1. The van der Waals surface area contributed by atoms with Gasteiger partial charge in [-0.3, -0.25) is 9.59 Å². The van der Waals surface area contributed by atoms with Crippen molar-refractivity contribution in [1.82, 2.24) is 9.78 Å². The summed E-state index contributed by atoms with van der Waals surface area (Å²) in [6.45, 7) is 0. The second kappa shape index (κ2) is 12.6. The molecule has 2 heterocycles. The van der Waals surface area contributed by atoms with Crippen LogP contribution in [0.3, 0.4) is 0 Å². The van der Waals surface area contributed by atoms with E-state index in [0.29, 0.717) is 23.4 Å². The average molecular weight is 661 g/mol. The summed E-state index contributed by atoms with van der Waals surface area (Å²) in [6, 6.07) is 25.2. The van der Waals surface area contributed by atoms with Gasteiger partial charge < -0.3 is 15.1 Å². The van der Waals surface area contributed by atoms with Crippen LogP contribution in [0.25, 0.3) is 34.2 Å². The summed E-state index contributed by atoms with van der Waals surface area (Å²) in [5, 5.41) is 9.96. The van der Waals surface area contributed by atoms with Gasteiger partial charge in [0.15, 0.2) is 5.76 Å². The highest BCUT2D eigenvalue weighted by molar-refractivity contribution is 6.29. The molecule has 6 aromatic rings. The maximum absolute atomic E-state index is 13.6. The second-order valence-electron chi connectivity index (χ2n) is 10.5. The molecule has 0 aliphatic rings. The van der Waals surface area contributed by atoms with Gasteiger partial charge in [-0.05, 0) is 66.7 Å². The smallest absolute Gasteiger partial charge is 0.416 e. The predicted molar refractivity (Wildman–Crippen MR) is 167 cm³/mol. The first kappa shape index (κ1) is 31.9.